The number of nitrogens with two attached hydrogens (primary N) is 1. The number of rotatable bonds is 3. The van der Waals surface area contributed by atoms with E-state index in [4.69, 9.17) is 11.1 Å². The molecule has 2 rings (SSSR count). The van der Waals surface area contributed by atoms with Gasteiger partial charge in [-0.2, -0.15) is 0 Å². The maximum absolute atomic E-state index is 11.9. The van der Waals surface area contributed by atoms with Gasteiger partial charge in [-0.25, -0.2) is 8.42 Å². The van der Waals surface area contributed by atoms with Crippen molar-refractivity contribution in [3.8, 4) is 11.1 Å². The molecule has 0 saturated carbocycles. The number of amides is 1. The number of guanidine groups is 1. The lowest BCUT2D eigenvalue weighted by molar-refractivity contribution is 0.0976. The van der Waals surface area contributed by atoms with E-state index in [0.29, 0.717) is 11.1 Å². The Kier molecular flexibility index (Phi) is 5.89. The minimum Gasteiger partial charge on any atom is -0.370 e. The fourth-order valence-corrected chi connectivity index (χ4v) is 2.96. The van der Waals surface area contributed by atoms with Gasteiger partial charge in [0, 0.05) is 17.4 Å². The van der Waals surface area contributed by atoms with Gasteiger partial charge in [-0.05, 0) is 23.8 Å². The average Bonchev–Trinajstić information content (AvgIpc) is 2.46. The van der Waals surface area contributed by atoms with Crippen molar-refractivity contribution in [2.45, 2.75) is 4.90 Å². The third-order valence-corrected chi connectivity index (χ3v) is 4.13. The second-order valence-corrected chi connectivity index (χ2v) is 6.70. The van der Waals surface area contributed by atoms with Crippen LogP contribution in [0.2, 0.25) is 0 Å². The van der Waals surface area contributed by atoms with Crippen molar-refractivity contribution in [1.29, 1.82) is 5.41 Å². The van der Waals surface area contributed by atoms with E-state index in [2.05, 4.69) is 5.32 Å². The van der Waals surface area contributed by atoms with Gasteiger partial charge in [0.2, 0.25) is 0 Å². The van der Waals surface area contributed by atoms with Gasteiger partial charge in [0.1, 0.15) is 0 Å². The van der Waals surface area contributed by atoms with Gasteiger partial charge in [-0.15, -0.1) is 12.4 Å². The minimum atomic E-state index is -3.39. The highest BCUT2D eigenvalue weighted by Crippen LogP contribution is 2.27. The predicted octanol–water partition coefficient (Wildman–Crippen LogP) is 1.80. The lowest BCUT2D eigenvalue weighted by atomic mass is 10.0. The van der Waals surface area contributed by atoms with E-state index < -0.39 is 21.7 Å². The number of halogens is 1. The van der Waals surface area contributed by atoms with Crippen LogP contribution in [0.4, 0.5) is 0 Å². The van der Waals surface area contributed by atoms with Gasteiger partial charge in [-0.1, -0.05) is 30.3 Å². The molecule has 0 bridgehead atoms. The van der Waals surface area contributed by atoms with E-state index >= 15 is 0 Å². The molecular formula is C15H16ClN3O3S. The van der Waals surface area contributed by atoms with E-state index in [1.807, 2.05) is 0 Å². The van der Waals surface area contributed by atoms with Crippen LogP contribution in [-0.4, -0.2) is 26.5 Å². The smallest absolute Gasteiger partial charge is 0.257 e. The molecule has 4 N–H and O–H groups in total. The summed E-state index contributed by atoms with van der Waals surface area (Å²) in [5.41, 5.74) is 6.53. The van der Waals surface area contributed by atoms with Crippen LogP contribution < -0.4 is 11.1 Å². The Morgan fingerprint density at radius 2 is 1.78 bits per heavy atom. The Morgan fingerprint density at radius 1 is 1.13 bits per heavy atom. The van der Waals surface area contributed by atoms with E-state index in [0.717, 1.165) is 6.26 Å². The zero-order valence-electron chi connectivity index (χ0n) is 12.2. The molecule has 8 heteroatoms. The van der Waals surface area contributed by atoms with E-state index in [1.165, 1.54) is 6.07 Å². The minimum absolute atomic E-state index is 0. The van der Waals surface area contributed by atoms with Crippen molar-refractivity contribution in [3.63, 3.8) is 0 Å². The molecule has 122 valence electrons. The van der Waals surface area contributed by atoms with Crippen LogP contribution in [0.1, 0.15) is 10.4 Å². The van der Waals surface area contributed by atoms with Crippen LogP contribution in [0.5, 0.6) is 0 Å². The second-order valence-electron chi connectivity index (χ2n) is 4.72. The summed E-state index contributed by atoms with van der Waals surface area (Å²) in [6.45, 7) is 0. The normalized spacial score (nSPS) is 10.5. The van der Waals surface area contributed by atoms with Crippen LogP contribution in [-0.2, 0) is 9.84 Å². The summed E-state index contributed by atoms with van der Waals surface area (Å²) in [7, 11) is -3.39. The number of hydrogen-bond donors (Lipinski definition) is 3. The first kappa shape index (κ1) is 18.7. The van der Waals surface area contributed by atoms with E-state index in [1.54, 1.807) is 42.5 Å². The Bertz CT molecular complexity index is 851. The number of benzene rings is 2. The van der Waals surface area contributed by atoms with Crippen molar-refractivity contribution in [1.82, 2.24) is 5.32 Å². The van der Waals surface area contributed by atoms with Crippen LogP contribution in [0.3, 0.4) is 0 Å². The number of carbonyl (C=O) groups is 1. The maximum Gasteiger partial charge on any atom is 0.257 e. The summed E-state index contributed by atoms with van der Waals surface area (Å²) < 4.78 is 23.7. The maximum atomic E-state index is 11.9. The molecule has 0 spiro atoms. The highest BCUT2D eigenvalue weighted by Gasteiger charge is 2.15. The molecule has 2 aromatic carbocycles. The molecule has 0 aliphatic rings. The molecule has 2 aromatic rings. The molecule has 0 aromatic heterocycles. The quantitative estimate of drug-likeness (QED) is 0.576. The molecule has 0 atom stereocenters. The molecule has 0 heterocycles. The van der Waals surface area contributed by atoms with Crippen LogP contribution in [0.15, 0.2) is 53.4 Å². The molecule has 0 radical (unpaired) electrons. The Labute approximate surface area is 140 Å². The summed E-state index contributed by atoms with van der Waals surface area (Å²) in [5.74, 6) is -0.974. The highest BCUT2D eigenvalue weighted by molar-refractivity contribution is 7.90. The van der Waals surface area contributed by atoms with Gasteiger partial charge in [-0.3, -0.25) is 15.5 Å². The fourth-order valence-electron chi connectivity index (χ4n) is 2.05. The van der Waals surface area contributed by atoms with Gasteiger partial charge >= 0.3 is 0 Å². The first-order valence-electron chi connectivity index (χ1n) is 6.34. The van der Waals surface area contributed by atoms with Crippen molar-refractivity contribution in [2.75, 3.05) is 6.26 Å². The first-order valence-corrected chi connectivity index (χ1v) is 8.23. The largest absolute Gasteiger partial charge is 0.370 e. The van der Waals surface area contributed by atoms with Crippen molar-refractivity contribution in [2.24, 2.45) is 5.73 Å². The van der Waals surface area contributed by atoms with Crippen LogP contribution in [0, 0.1) is 5.41 Å². The van der Waals surface area contributed by atoms with E-state index in [-0.39, 0.29) is 22.9 Å². The van der Waals surface area contributed by atoms with Gasteiger partial charge < -0.3 is 5.73 Å². The SMILES string of the molecule is CS(=O)(=O)c1ccccc1-c1cccc(C(=O)NC(=N)N)c1.Cl. The summed E-state index contributed by atoms with van der Waals surface area (Å²) in [6, 6.07) is 13.1. The molecule has 1 amide bonds. The molecule has 0 aliphatic carbocycles. The van der Waals surface area contributed by atoms with Gasteiger partial charge in [0.15, 0.2) is 15.8 Å². The standard InChI is InChI=1S/C15H15N3O3S.ClH/c1-22(20,21)13-8-3-2-7-12(13)10-5-4-6-11(9-10)14(19)18-15(16)17;/h2-9H,1H3,(H4,16,17,18,19);1H. The number of hydrogen-bond acceptors (Lipinski definition) is 4. The third-order valence-electron chi connectivity index (χ3n) is 2.97. The fraction of sp³-hybridized carbons (Fsp3) is 0.0667. The number of carbonyl (C=O) groups excluding carboxylic acids is 1. The summed E-state index contributed by atoms with van der Waals surface area (Å²) >= 11 is 0. The van der Waals surface area contributed by atoms with Crippen LogP contribution >= 0.6 is 12.4 Å². The zero-order valence-corrected chi connectivity index (χ0v) is 13.9. The molecule has 6 nitrogen and oxygen atoms in total. The molecule has 0 unspecified atom stereocenters. The Hall–Kier alpha value is -2.38. The molecule has 0 aliphatic heterocycles. The molecule has 23 heavy (non-hydrogen) atoms. The lowest BCUT2D eigenvalue weighted by Gasteiger charge is -2.09. The third kappa shape index (κ3) is 4.54. The van der Waals surface area contributed by atoms with Crippen molar-refractivity contribution in [3.05, 3.63) is 54.1 Å². The summed E-state index contributed by atoms with van der Waals surface area (Å²) in [5, 5.41) is 9.26. The number of sulfone groups is 1. The first-order chi connectivity index (χ1) is 10.3. The summed E-state index contributed by atoms with van der Waals surface area (Å²) in [6.07, 6.45) is 1.14. The number of nitrogens with one attached hydrogen (secondary N) is 2. The topological polar surface area (TPSA) is 113 Å². The molecular weight excluding hydrogens is 338 g/mol. The van der Waals surface area contributed by atoms with Crippen LogP contribution in [0.25, 0.3) is 11.1 Å². The molecule has 0 saturated heterocycles. The highest BCUT2D eigenvalue weighted by atomic mass is 35.5. The lowest BCUT2D eigenvalue weighted by Crippen LogP contribution is -2.35. The van der Waals surface area contributed by atoms with E-state index in [9.17, 15) is 13.2 Å². The Morgan fingerprint density at radius 3 is 2.39 bits per heavy atom. The van der Waals surface area contributed by atoms with Crippen molar-refractivity contribution >= 4 is 34.1 Å². The summed E-state index contributed by atoms with van der Waals surface area (Å²) in [4.78, 5) is 12.1. The predicted molar refractivity (Wildman–Crippen MR) is 91.6 cm³/mol. The average molecular weight is 354 g/mol. The molecule has 0 fully saturated rings. The van der Waals surface area contributed by atoms with Gasteiger partial charge in [0.25, 0.3) is 5.91 Å². The zero-order chi connectivity index (χ0) is 16.3. The second kappa shape index (κ2) is 7.26. The van der Waals surface area contributed by atoms with Gasteiger partial charge in [0.05, 0.1) is 4.90 Å². The van der Waals surface area contributed by atoms with Crippen molar-refractivity contribution < 1.29 is 13.2 Å². The Balaban J connectivity index is 0.00000264. The monoisotopic (exact) mass is 353 g/mol.